The zero-order valence-electron chi connectivity index (χ0n) is 11.6. The Bertz CT molecular complexity index is 154. The van der Waals surface area contributed by atoms with Gasteiger partial charge in [-0.05, 0) is 0 Å². The van der Waals surface area contributed by atoms with Crippen molar-refractivity contribution in [2.45, 2.75) is 102 Å². The van der Waals surface area contributed by atoms with Crippen LogP contribution in [0.3, 0.4) is 0 Å². The van der Waals surface area contributed by atoms with Crippen LogP contribution in [0.4, 0.5) is 0 Å². The maximum atomic E-state index is 2.79. The summed E-state index contributed by atoms with van der Waals surface area (Å²) in [5.41, 5.74) is 0. The summed E-state index contributed by atoms with van der Waals surface area (Å²) in [5.74, 6) is 1.94. The van der Waals surface area contributed by atoms with Crippen molar-refractivity contribution in [1.29, 1.82) is 0 Å². The zero-order valence-corrected chi connectivity index (χ0v) is 11.6. The Hall–Kier alpha value is 0.0649. The van der Waals surface area contributed by atoms with Crippen molar-refractivity contribution in [3.8, 4) is 0 Å². The van der Waals surface area contributed by atoms with E-state index in [0.717, 1.165) is 11.6 Å². The van der Waals surface area contributed by atoms with Crippen molar-refractivity contribution in [3.05, 3.63) is 0 Å². The van der Waals surface area contributed by atoms with Gasteiger partial charge in [-0.2, -0.15) is 0 Å². The van der Waals surface area contributed by atoms with Gasteiger partial charge in [-0.3, -0.25) is 0 Å². The highest BCUT2D eigenvalue weighted by Gasteiger charge is 2.19. The fourth-order valence-electron chi connectivity index (χ4n) is 3.75. The average Bonchev–Trinajstić information content (AvgIpc) is 2.24. The summed E-state index contributed by atoms with van der Waals surface area (Å²) < 4.78 is 0. The molecule has 0 aliphatic heterocycles. The molecule has 2 aliphatic rings. The summed E-state index contributed by atoms with van der Waals surface area (Å²) >= 11 is 0. The van der Waals surface area contributed by atoms with Crippen LogP contribution in [0.2, 0.25) is 11.6 Å². The molecule has 0 heterocycles. The summed E-state index contributed by atoms with van der Waals surface area (Å²) in [6.45, 7) is 0. The Kier molecular flexibility index (Phi) is 6.52. The van der Waals surface area contributed by atoms with Gasteiger partial charge < -0.3 is 0 Å². The maximum Gasteiger partial charge on any atom is 0.117 e. The van der Waals surface area contributed by atoms with Crippen LogP contribution in [0, 0.1) is 0 Å². The van der Waals surface area contributed by atoms with E-state index in [-0.39, 0.29) is 0 Å². The molecule has 1 heteroatoms. The summed E-state index contributed by atoms with van der Waals surface area (Å²) in [6, 6.07) is 0. The lowest BCUT2D eigenvalue weighted by Gasteiger charge is -2.25. The molecule has 0 N–H and O–H groups in total. The smallest absolute Gasteiger partial charge is 0.0686 e. The largest absolute Gasteiger partial charge is 0.117 e. The quantitative estimate of drug-likeness (QED) is 0.532. The molecule has 0 aromatic heterocycles. The van der Waals surface area contributed by atoms with Gasteiger partial charge in [0.05, 0.1) is 0 Å². The predicted molar refractivity (Wildman–Crippen MR) is 77.9 cm³/mol. The van der Waals surface area contributed by atoms with Gasteiger partial charge in [0.1, 0.15) is 7.28 Å². The molecule has 0 spiro atoms. The second-order valence-electron chi connectivity index (χ2n) is 6.40. The predicted octanol–water partition coefficient (Wildman–Crippen LogP) is 5.76. The molecule has 0 saturated heterocycles. The molecule has 0 aromatic rings. The molecular formula is C16H30B. The van der Waals surface area contributed by atoms with E-state index >= 15 is 0 Å². The molecule has 0 nitrogen and oxygen atoms in total. The number of rotatable bonds is 2. The van der Waals surface area contributed by atoms with Gasteiger partial charge in [-0.15, -0.1) is 0 Å². The molecule has 2 aliphatic carbocycles. The Morgan fingerprint density at radius 1 is 0.412 bits per heavy atom. The molecule has 2 saturated carbocycles. The lowest BCUT2D eigenvalue weighted by Crippen LogP contribution is -2.14. The van der Waals surface area contributed by atoms with Crippen LogP contribution in [0.1, 0.15) is 89.9 Å². The van der Waals surface area contributed by atoms with Gasteiger partial charge in [0.25, 0.3) is 0 Å². The molecule has 97 valence electrons. The van der Waals surface area contributed by atoms with E-state index in [9.17, 15) is 0 Å². The van der Waals surface area contributed by atoms with Crippen LogP contribution in [0.15, 0.2) is 0 Å². The van der Waals surface area contributed by atoms with Crippen LogP contribution in [-0.2, 0) is 0 Å². The SMILES string of the molecule is [B](C1CCCCCCC1)C1CCCCCCC1. The molecule has 17 heavy (non-hydrogen) atoms. The van der Waals surface area contributed by atoms with Crippen LogP contribution in [0.25, 0.3) is 0 Å². The Labute approximate surface area is 109 Å². The second kappa shape index (κ2) is 8.22. The maximum absolute atomic E-state index is 2.79. The molecule has 2 rings (SSSR count). The molecule has 0 amide bonds. The lowest BCUT2D eigenvalue weighted by molar-refractivity contribution is 0.477. The van der Waals surface area contributed by atoms with Crippen LogP contribution >= 0.6 is 0 Å². The highest BCUT2D eigenvalue weighted by molar-refractivity contribution is 6.39. The third-order valence-corrected chi connectivity index (χ3v) is 4.84. The molecular weight excluding hydrogens is 203 g/mol. The first-order valence-electron chi connectivity index (χ1n) is 8.30. The number of hydrogen-bond donors (Lipinski definition) is 0. The van der Waals surface area contributed by atoms with Crippen molar-refractivity contribution < 1.29 is 0 Å². The van der Waals surface area contributed by atoms with Gasteiger partial charge >= 0.3 is 0 Å². The van der Waals surface area contributed by atoms with Crippen molar-refractivity contribution in [3.63, 3.8) is 0 Å². The Morgan fingerprint density at radius 2 is 0.706 bits per heavy atom. The van der Waals surface area contributed by atoms with Crippen molar-refractivity contribution >= 4 is 7.28 Å². The van der Waals surface area contributed by atoms with E-state index < -0.39 is 0 Å². The topological polar surface area (TPSA) is 0 Å². The van der Waals surface area contributed by atoms with E-state index in [1.807, 2.05) is 0 Å². The molecule has 0 atom stereocenters. The second-order valence-corrected chi connectivity index (χ2v) is 6.40. The summed E-state index contributed by atoms with van der Waals surface area (Å²) in [6.07, 6.45) is 20.9. The average molecular weight is 233 g/mol. The van der Waals surface area contributed by atoms with Gasteiger partial charge in [0.15, 0.2) is 0 Å². The summed E-state index contributed by atoms with van der Waals surface area (Å²) in [5, 5.41) is 0. The minimum atomic E-state index is 0.972. The highest BCUT2D eigenvalue weighted by Crippen LogP contribution is 2.34. The fraction of sp³-hybridized carbons (Fsp3) is 1.00. The molecule has 2 fully saturated rings. The third-order valence-electron chi connectivity index (χ3n) is 4.84. The summed E-state index contributed by atoms with van der Waals surface area (Å²) in [7, 11) is 2.79. The fourth-order valence-corrected chi connectivity index (χ4v) is 3.75. The van der Waals surface area contributed by atoms with Crippen molar-refractivity contribution in [2.24, 2.45) is 0 Å². The minimum absolute atomic E-state index is 0.972. The van der Waals surface area contributed by atoms with Crippen molar-refractivity contribution in [1.82, 2.24) is 0 Å². The van der Waals surface area contributed by atoms with Crippen LogP contribution in [-0.4, -0.2) is 7.28 Å². The zero-order chi connectivity index (χ0) is 11.8. The van der Waals surface area contributed by atoms with Gasteiger partial charge in [-0.25, -0.2) is 0 Å². The highest BCUT2D eigenvalue weighted by atomic mass is 14.1. The third kappa shape index (κ3) is 5.49. The van der Waals surface area contributed by atoms with E-state index in [2.05, 4.69) is 7.28 Å². The Morgan fingerprint density at radius 3 is 1.06 bits per heavy atom. The van der Waals surface area contributed by atoms with E-state index in [4.69, 9.17) is 0 Å². The Balaban J connectivity index is 1.72. The molecule has 1 radical (unpaired) electrons. The van der Waals surface area contributed by atoms with Crippen LogP contribution < -0.4 is 0 Å². The number of hydrogen-bond acceptors (Lipinski definition) is 0. The van der Waals surface area contributed by atoms with E-state index in [0.29, 0.717) is 0 Å². The first-order valence-corrected chi connectivity index (χ1v) is 8.30. The molecule has 0 unspecified atom stereocenters. The normalized spacial score (nSPS) is 26.6. The monoisotopic (exact) mass is 233 g/mol. The lowest BCUT2D eigenvalue weighted by atomic mass is 9.50. The standard InChI is InChI=1S/C16H30B/c1-3-7-11-15(12-8-4-1)17-16-13-9-5-2-6-10-14-16/h15-16H,1-14H2. The molecule has 0 bridgehead atoms. The van der Waals surface area contributed by atoms with E-state index in [1.165, 1.54) is 89.9 Å². The first kappa shape index (κ1) is 13.5. The molecule has 0 aromatic carbocycles. The van der Waals surface area contributed by atoms with Gasteiger partial charge in [0.2, 0.25) is 0 Å². The first-order chi connectivity index (χ1) is 8.45. The van der Waals surface area contributed by atoms with Crippen molar-refractivity contribution in [2.75, 3.05) is 0 Å². The van der Waals surface area contributed by atoms with Gasteiger partial charge in [-0.1, -0.05) is 102 Å². The van der Waals surface area contributed by atoms with E-state index in [1.54, 1.807) is 0 Å². The van der Waals surface area contributed by atoms with Gasteiger partial charge in [0, 0.05) is 0 Å². The minimum Gasteiger partial charge on any atom is -0.0686 e. The van der Waals surface area contributed by atoms with Crippen LogP contribution in [0.5, 0.6) is 0 Å². The summed E-state index contributed by atoms with van der Waals surface area (Å²) in [4.78, 5) is 0.